The van der Waals surface area contributed by atoms with E-state index in [2.05, 4.69) is 17.1 Å². The summed E-state index contributed by atoms with van der Waals surface area (Å²) in [6.45, 7) is 6.73. The fraction of sp³-hybridized carbons (Fsp3) is 0.412. The van der Waals surface area contributed by atoms with Gasteiger partial charge in [0.15, 0.2) is 0 Å². The van der Waals surface area contributed by atoms with Gasteiger partial charge in [0.2, 0.25) is 5.43 Å². The molecule has 8 heteroatoms. The number of halogens is 2. The Morgan fingerprint density at radius 3 is 2.76 bits per heavy atom. The van der Waals surface area contributed by atoms with Gasteiger partial charge >= 0.3 is 5.97 Å². The number of carbonyl (C=O) groups is 1. The number of rotatable bonds is 3. The summed E-state index contributed by atoms with van der Waals surface area (Å²) in [7, 11) is 0. The first-order valence-electron chi connectivity index (χ1n) is 8.11. The number of hydrogen-bond acceptors (Lipinski definition) is 4. The van der Waals surface area contributed by atoms with Crippen LogP contribution in [0.5, 0.6) is 0 Å². The summed E-state index contributed by atoms with van der Waals surface area (Å²) in [4.78, 5) is 26.0. The second-order valence-corrected chi connectivity index (χ2v) is 6.97. The van der Waals surface area contributed by atoms with Crippen LogP contribution in [0.15, 0.2) is 17.1 Å². The third kappa shape index (κ3) is 3.10. The van der Waals surface area contributed by atoms with Gasteiger partial charge in [-0.25, -0.2) is 4.79 Å². The normalized spacial score (nSPS) is 17.9. The van der Waals surface area contributed by atoms with Crippen molar-refractivity contribution in [2.45, 2.75) is 26.4 Å². The van der Waals surface area contributed by atoms with Crippen molar-refractivity contribution in [3.8, 4) is 0 Å². The number of piperazine rings is 1. The van der Waals surface area contributed by atoms with Gasteiger partial charge in [0.25, 0.3) is 0 Å². The van der Waals surface area contributed by atoms with E-state index in [4.69, 9.17) is 23.2 Å². The Labute approximate surface area is 154 Å². The Morgan fingerprint density at radius 1 is 1.44 bits per heavy atom. The summed E-state index contributed by atoms with van der Waals surface area (Å²) in [6.07, 6.45) is 1.34. The summed E-state index contributed by atoms with van der Waals surface area (Å²) in [5, 5.41) is 13.6. The summed E-state index contributed by atoms with van der Waals surface area (Å²) in [6, 6.07) is 1.82. The van der Waals surface area contributed by atoms with Gasteiger partial charge < -0.3 is 19.9 Å². The molecule has 1 aromatic carbocycles. The number of benzene rings is 1. The van der Waals surface area contributed by atoms with Crippen LogP contribution in [0.2, 0.25) is 10.0 Å². The maximum atomic E-state index is 12.5. The average molecular weight is 384 g/mol. The molecule has 1 fully saturated rings. The third-order valence-corrected chi connectivity index (χ3v) is 5.13. The number of pyridine rings is 1. The highest BCUT2D eigenvalue weighted by Gasteiger charge is 2.25. The number of aromatic nitrogens is 1. The first-order valence-corrected chi connectivity index (χ1v) is 8.87. The van der Waals surface area contributed by atoms with Crippen LogP contribution in [0.25, 0.3) is 10.9 Å². The number of nitrogens with zero attached hydrogens (tertiary/aromatic N) is 2. The summed E-state index contributed by atoms with van der Waals surface area (Å²) in [5.74, 6) is -1.26. The molecule has 1 aliphatic heterocycles. The first-order chi connectivity index (χ1) is 11.8. The van der Waals surface area contributed by atoms with E-state index < -0.39 is 11.4 Å². The molecule has 0 aliphatic carbocycles. The van der Waals surface area contributed by atoms with Crippen LogP contribution in [-0.2, 0) is 6.54 Å². The lowest BCUT2D eigenvalue weighted by atomic mass is 10.1. The Hall–Kier alpha value is -1.76. The van der Waals surface area contributed by atoms with Gasteiger partial charge in [-0.3, -0.25) is 4.79 Å². The molecule has 0 bridgehead atoms. The van der Waals surface area contributed by atoms with E-state index in [1.165, 1.54) is 12.3 Å². The number of fused-ring (bicyclic) bond motifs is 1. The van der Waals surface area contributed by atoms with Crippen LogP contribution in [0.3, 0.4) is 0 Å². The van der Waals surface area contributed by atoms with Crippen molar-refractivity contribution in [2.75, 3.05) is 24.5 Å². The predicted octanol–water partition coefficient (Wildman–Crippen LogP) is 2.82. The van der Waals surface area contributed by atoms with Gasteiger partial charge in [-0.1, -0.05) is 23.2 Å². The van der Waals surface area contributed by atoms with Crippen LogP contribution in [-0.4, -0.2) is 41.3 Å². The standard InChI is InChI=1S/C17H19Cl2N3O3/c1-3-21-8-11(17(24)25)16(23)10-6-12(18)15(13(19)14(10)21)22-5-4-20-9(2)7-22/h6,8-9,20H,3-5,7H2,1-2H3,(H,24,25). The topological polar surface area (TPSA) is 74.6 Å². The smallest absolute Gasteiger partial charge is 0.341 e. The molecule has 2 N–H and O–H groups in total. The van der Waals surface area contributed by atoms with Crippen LogP contribution in [0, 0.1) is 0 Å². The molecular weight excluding hydrogens is 365 g/mol. The predicted molar refractivity (Wildman–Crippen MR) is 101 cm³/mol. The molecular formula is C17H19Cl2N3O3. The molecule has 1 aromatic heterocycles. The second-order valence-electron chi connectivity index (χ2n) is 6.18. The Kier molecular flexibility index (Phi) is 4.95. The molecule has 0 saturated carbocycles. The molecule has 2 aromatic rings. The largest absolute Gasteiger partial charge is 0.477 e. The maximum Gasteiger partial charge on any atom is 0.341 e. The van der Waals surface area contributed by atoms with E-state index in [1.807, 2.05) is 6.92 Å². The van der Waals surface area contributed by atoms with E-state index in [1.54, 1.807) is 4.57 Å². The van der Waals surface area contributed by atoms with Crippen LogP contribution >= 0.6 is 23.2 Å². The Balaban J connectivity index is 2.31. The zero-order chi connectivity index (χ0) is 18.3. The van der Waals surface area contributed by atoms with Gasteiger partial charge in [-0.15, -0.1) is 0 Å². The third-order valence-electron chi connectivity index (χ3n) is 4.49. The molecule has 1 atom stereocenters. The van der Waals surface area contributed by atoms with Crippen LogP contribution < -0.4 is 15.6 Å². The van der Waals surface area contributed by atoms with Gasteiger partial charge in [0.05, 0.1) is 21.2 Å². The molecule has 2 heterocycles. The minimum absolute atomic E-state index is 0.226. The van der Waals surface area contributed by atoms with Crippen molar-refractivity contribution in [2.24, 2.45) is 0 Å². The quantitative estimate of drug-likeness (QED) is 0.852. The molecule has 25 heavy (non-hydrogen) atoms. The summed E-state index contributed by atoms with van der Waals surface area (Å²) in [5.41, 5.74) is 0.347. The molecule has 0 spiro atoms. The molecule has 3 rings (SSSR count). The van der Waals surface area contributed by atoms with E-state index in [-0.39, 0.29) is 10.9 Å². The SMILES string of the molecule is CCn1cc(C(=O)O)c(=O)c2cc(Cl)c(N3CCNC(C)C3)c(Cl)c21. The number of carboxylic acids is 1. The molecule has 0 radical (unpaired) electrons. The molecule has 0 amide bonds. The van der Waals surface area contributed by atoms with Crippen LogP contribution in [0.1, 0.15) is 24.2 Å². The Morgan fingerprint density at radius 2 is 2.16 bits per heavy atom. The zero-order valence-corrected chi connectivity index (χ0v) is 15.5. The summed E-state index contributed by atoms with van der Waals surface area (Å²) < 4.78 is 1.69. The number of carboxylic acid groups (broad SMARTS) is 1. The lowest BCUT2D eigenvalue weighted by Crippen LogP contribution is -2.49. The first kappa shape index (κ1) is 18.0. The van der Waals surface area contributed by atoms with Gasteiger partial charge in [0.1, 0.15) is 5.56 Å². The molecule has 6 nitrogen and oxygen atoms in total. The number of nitrogens with one attached hydrogen (secondary N) is 1. The van der Waals surface area contributed by atoms with Crippen molar-refractivity contribution in [3.05, 3.63) is 38.1 Å². The van der Waals surface area contributed by atoms with Crippen molar-refractivity contribution < 1.29 is 9.90 Å². The van der Waals surface area contributed by atoms with Crippen molar-refractivity contribution in [1.29, 1.82) is 0 Å². The van der Waals surface area contributed by atoms with Gasteiger partial charge in [-0.05, 0) is 19.9 Å². The highest BCUT2D eigenvalue weighted by Crippen LogP contribution is 2.39. The maximum absolute atomic E-state index is 12.5. The number of anilines is 1. The molecule has 1 saturated heterocycles. The fourth-order valence-corrected chi connectivity index (χ4v) is 4.11. The van der Waals surface area contributed by atoms with Crippen molar-refractivity contribution in [1.82, 2.24) is 9.88 Å². The zero-order valence-electron chi connectivity index (χ0n) is 14.0. The van der Waals surface area contributed by atoms with Gasteiger partial charge in [0, 0.05) is 43.8 Å². The number of aromatic carboxylic acids is 1. The molecule has 1 unspecified atom stereocenters. The Bertz CT molecular complexity index is 910. The number of aryl methyl sites for hydroxylation is 1. The van der Waals surface area contributed by atoms with E-state index in [9.17, 15) is 14.7 Å². The van der Waals surface area contributed by atoms with Crippen molar-refractivity contribution in [3.63, 3.8) is 0 Å². The lowest BCUT2D eigenvalue weighted by molar-refractivity contribution is 0.0695. The lowest BCUT2D eigenvalue weighted by Gasteiger charge is -2.35. The van der Waals surface area contributed by atoms with Crippen LogP contribution in [0.4, 0.5) is 5.69 Å². The summed E-state index contributed by atoms with van der Waals surface area (Å²) >= 11 is 13.1. The minimum atomic E-state index is -1.26. The highest BCUT2D eigenvalue weighted by molar-refractivity contribution is 6.42. The van der Waals surface area contributed by atoms with Crippen molar-refractivity contribution >= 4 is 45.8 Å². The fourth-order valence-electron chi connectivity index (χ4n) is 3.30. The minimum Gasteiger partial charge on any atom is -0.477 e. The number of hydrogen-bond donors (Lipinski definition) is 2. The monoisotopic (exact) mass is 383 g/mol. The second kappa shape index (κ2) is 6.86. The van der Waals surface area contributed by atoms with E-state index in [0.29, 0.717) is 33.8 Å². The molecule has 1 aliphatic rings. The molecule has 134 valence electrons. The average Bonchev–Trinajstić information content (AvgIpc) is 2.55. The highest BCUT2D eigenvalue weighted by atomic mass is 35.5. The van der Waals surface area contributed by atoms with Gasteiger partial charge in [-0.2, -0.15) is 0 Å². The van der Waals surface area contributed by atoms with E-state index in [0.717, 1.165) is 19.6 Å². The van der Waals surface area contributed by atoms with E-state index >= 15 is 0 Å².